The summed E-state index contributed by atoms with van der Waals surface area (Å²) in [7, 11) is 0. The van der Waals surface area contributed by atoms with Crippen molar-refractivity contribution in [1.29, 1.82) is 0 Å². The molecule has 2 aromatic rings. The molecule has 0 aliphatic carbocycles. The number of aromatic nitrogens is 3. The average molecular weight is 259 g/mol. The maximum atomic E-state index is 4.34. The van der Waals surface area contributed by atoms with Crippen LogP contribution in [-0.2, 0) is 19.3 Å². The van der Waals surface area contributed by atoms with Crippen molar-refractivity contribution in [3.63, 3.8) is 0 Å². The van der Waals surface area contributed by atoms with Gasteiger partial charge in [0.25, 0.3) is 0 Å². The Bertz CT molecular complexity index is 543. The number of hydrogen-bond donors (Lipinski definition) is 2. The van der Waals surface area contributed by atoms with Gasteiger partial charge in [0.05, 0.1) is 17.7 Å². The van der Waals surface area contributed by atoms with Crippen LogP contribution in [0.3, 0.4) is 0 Å². The van der Waals surface area contributed by atoms with E-state index in [1.54, 1.807) is 17.7 Å². The van der Waals surface area contributed by atoms with Crippen molar-refractivity contribution >= 4 is 11.3 Å². The Kier molecular flexibility index (Phi) is 3.25. The molecule has 93 valence electrons. The van der Waals surface area contributed by atoms with E-state index in [0.717, 1.165) is 31.5 Å². The van der Waals surface area contributed by atoms with Crippen LogP contribution < -0.4 is 5.32 Å². The Hall–Kier alpha value is -1.46. The van der Waals surface area contributed by atoms with E-state index in [1.165, 1.54) is 16.3 Å². The smallest absolute Gasteiger partial charge is 0.152 e. The zero-order valence-corrected chi connectivity index (χ0v) is 10.9. The molecule has 1 unspecified atom stereocenters. The van der Waals surface area contributed by atoms with Gasteiger partial charge in [0, 0.05) is 42.4 Å². The van der Waals surface area contributed by atoms with Crippen LogP contribution in [0.4, 0.5) is 0 Å². The molecule has 0 bridgehead atoms. The largest absolute Gasteiger partial charge is 0.348 e. The minimum absolute atomic E-state index is 0.335. The van der Waals surface area contributed by atoms with E-state index >= 15 is 0 Å². The summed E-state index contributed by atoms with van der Waals surface area (Å²) in [5, 5.41) is 3.55. The summed E-state index contributed by atoms with van der Waals surface area (Å²) in [6.07, 6.45) is 6.39. The fraction of sp³-hybridized carbons (Fsp3) is 0.385. The second-order valence-electron chi connectivity index (χ2n) is 4.40. The highest BCUT2D eigenvalue weighted by Gasteiger charge is 2.23. The molecule has 1 radical (unpaired) electrons. The lowest BCUT2D eigenvalue weighted by Gasteiger charge is -2.22. The van der Waals surface area contributed by atoms with Crippen LogP contribution in [-0.4, -0.2) is 21.5 Å². The maximum absolute atomic E-state index is 4.34. The first-order valence-electron chi connectivity index (χ1n) is 6.09. The van der Waals surface area contributed by atoms with Crippen LogP contribution in [0.5, 0.6) is 0 Å². The number of hydrogen-bond acceptors (Lipinski definition) is 4. The lowest BCUT2D eigenvalue weighted by molar-refractivity contribution is 0.502. The van der Waals surface area contributed by atoms with Crippen molar-refractivity contribution in [2.24, 2.45) is 0 Å². The minimum atomic E-state index is 0.335. The van der Waals surface area contributed by atoms with Gasteiger partial charge in [0.2, 0.25) is 0 Å². The highest BCUT2D eigenvalue weighted by Crippen LogP contribution is 2.28. The molecule has 1 aliphatic rings. The first-order chi connectivity index (χ1) is 8.88. The van der Waals surface area contributed by atoms with Gasteiger partial charge in [-0.1, -0.05) is 6.08 Å². The van der Waals surface area contributed by atoms with Crippen LogP contribution in [0, 0.1) is 5.51 Å². The number of aromatic amines is 1. The lowest BCUT2D eigenvalue weighted by Crippen LogP contribution is -2.30. The van der Waals surface area contributed by atoms with Gasteiger partial charge in [-0.05, 0) is 0 Å². The normalized spacial score (nSPS) is 18.6. The number of rotatable bonds is 4. The Morgan fingerprint density at radius 1 is 1.61 bits per heavy atom. The molecule has 2 aromatic heterocycles. The fourth-order valence-electron chi connectivity index (χ4n) is 2.36. The maximum Gasteiger partial charge on any atom is 0.152 e. The molecule has 4 nitrogen and oxygen atoms in total. The molecule has 1 aliphatic heterocycles. The SMILES string of the molecule is C=CCc1nc[nH]c1CC1NCCc2n[c]sc21. The van der Waals surface area contributed by atoms with Crippen LogP contribution in [0.25, 0.3) is 0 Å². The predicted molar refractivity (Wildman–Crippen MR) is 71.6 cm³/mol. The third kappa shape index (κ3) is 2.11. The van der Waals surface area contributed by atoms with E-state index in [1.807, 2.05) is 6.08 Å². The second kappa shape index (κ2) is 5.04. The number of nitrogens with zero attached hydrogens (tertiary/aromatic N) is 2. The lowest BCUT2D eigenvalue weighted by atomic mass is 10.0. The molecule has 3 heterocycles. The van der Waals surface area contributed by atoms with E-state index in [0.29, 0.717) is 6.04 Å². The topological polar surface area (TPSA) is 53.6 Å². The molecule has 0 aromatic carbocycles. The van der Waals surface area contributed by atoms with Crippen LogP contribution >= 0.6 is 11.3 Å². The Labute approximate surface area is 110 Å². The number of imidazole rings is 1. The summed E-state index contributed by atoms with van der Waals surface area (Å²) in [5.74, 6) is 0. The molecule has 3 rings (SSSR count). The van der Waals surface area contributed by atoms with Crippen molar-refractivity contribution in [3.05, 3.63) is 46.5 Å². The van der Waals surface area contributed by atoms with Gasteiger partial charge >= 0.3 is 0 Å². The zero-order chi connectivity index (χ0) is 12.4. The summed E-state index contributed by atoms with van der Waals surface area (Å²) < 4.78 is 0. The number of thiazole rings is 1. The summed E-state index contributed by atoms with van der Waals surface area (Å²) in [6, 6.07) is 0.335. The van der Waals surface area contributed by atoms with Crippen LogP contribution in [0.2, 0.25) is 0 Å². The van der Waals surface area contributed by atoms with E-state index in [-0.39, 0.29) is 0 Å². The molecule has 0 spiro atoms. The third-order valence-electron chi connectivity index (χ3n) is 3.24. The number of H-pyrrole nitrogens is 1. The van der Waals surface area contributed by atoms with E-state index in [4.69, 9.17) is 0 Å². The van der Waals surface area contributed by atoms with Gasteiger partial charge in [-0.15, -0.1) is 17.9 Å². The molecular formula is C13H15N4S. The van der Waals surface area contributed by atoms with Crippen LogP contribution in [0.1, 0.15) is 28.0 Å². The third-order valence-corrected chi connectivity index (χ3v) is 4.17. The standard InChI is InChI=1S/C13H15N4S/c1-2-3-9-11(16-7-15-9)6-12-13-10(4-5-14-12)17-8-18-13/h2,7,12,14H,1,3-6H2,(H,15,16). The predicted octanol–water partition coefficient (Wildman–Crippen LogP) is 1.82. The Morgan fingerprint density at radius 2 is 2.56 bits per heavy atom. The molecule has 0 saturated heterocycles. The van der Waals surface area contributed by atoms with Crippen molar-refractivity contribution in [2.75, 3.05) is 6.54 Å². The van der Waals surface area contributed by atoms with Crippen molar-refractivity contribution in [2.45, 2.75) is 25.3 Å². The molecular weight excluding hydrogens is 244 g/mol. The molecule has 0 amide bonds. The summed E-state index contributed by atoms with van der Waals surface area (Å²) in [4.78, 5) is 13.2. The van der Waals surface area contributed by atoms with Gasteiger partial charge in [-0.2, -0.15) is 0 Å². The molecule has 2 N–H and O–H groups in total. The molecule has 5 heteroatoms. The second-order valence-corrected chi connectivity index (χ2v) is 5.22. The van der Waals surface area contributed by atoms with Crippen molar-refractivity contribution < 1.29 is 0 Å². The summed E-state index contributed by atoms with van der Waals surface area (Å²) >= 11 is 1.62. The first-order valence-corrected chi connectivity index (χ1v) is 6.91. The fourth-order valence-corrected chi connectivity index (χ4v) is 3.19. The highest BCUT2D eigenvalue weighted by atomic mass is 32.1. The molecule has 18 heavy (non-hydrogen) atoms. The summed E-state index contributed by atoms with van der Waals surface area (Å²) in [6.45, 7) is 4.75. The Balaban J connectivity index is 1.81. The van der Waals surface area contributed by atoms with Gasteiger partial charge in [-0.3, -0.25) is 0 Å². The van der Waals surface area contributed by atoms with Crippen LogP contribution in [0.15, 0.2) is 19.0 Å². The number of nitrogens with one attached hydrogen (secondary N) is 2. The minimum Gasteiger partial charge on any atom is -0.348 e. The quantitative estimate of drug-likeness (QED) is 0.824. The zero-order valence-electron chi connectivity index (χ0n) is 10.1. The van der Waals surface area contributed by atoms with Crippen molar-refractivity contribution in [1.82, 2.24) is 20.3 Å². The Morgan fingerprint density at radius 3 is 3.44 bits per heavy atom. The highest BCUT2D eigenvalue weighted by molar-refractivity contribution is 7.09. The molecule has 0 saturated carbocycles. The molecule has 0 fully saturated rings. The monoisotopic (exact) mass is 259 g/mol. The van der Waals surface area contributed by atoms with Gasteiger partial charge in [0.1, 0.15) is 0 Å². The summed E-state index contributed by atoms with van der Waals surface area (Å²) in [5.41, 5.74) is 6.48. The number of allylic oxidation sites excluding steroid dienone is 1. The first kappa shape index (κ1) is 11.6. The number of fused-ring (bicyclic) bond motifs is 1. The van der Waals surface area contributed by atoms with E-state index < -0.39 is 0 Å². The van der Waals surface area contributed by atoms with Gasteiger partial charge in [0.15, 0.2) is 5.51 Å². The van der Waals surface area contributed by atoms with Gasteiger partial charge < -0.3 is 10.3 Å². The average Bonchev–Trinajstić information content (AvgIpc) is 3.00. The van der Waals surface area contributed by atoms with Crippen molar-refractivity contribution in [3.8, 4) is 0 Å². The molecule has 1 atom stereocenters. The van der Waals surface area contributed by atoms with Gasteiger partial charge in [-0.25, -0.2) is 9.97 Å². The van der Waals surface area contributed by atoms with E-state index in [9.17, 15) is 0 Å². The van der Waals surface area contributed by atoms with E-state index in [2.05, 4.69) is 32.4 Å².